The molecule has 3 aromatic carbocycles. The first-order valence-corrected chi connectivity index (χ1v) is 11.6. The number of aryl methyl sites for hydroxylation is 1. The molecular weight excluding hydrogens is 467 g/mol. The molecule has 5 rings (SSSR count). The molecule has 176 valence electrons. The fourth-order valence-electron chi connectivity index (χ4n) is 4.06. The minimum Gasteiger partial charge on any atom is -0.348 e. The molecule has 0 atom stereocenters. The van der Waals surface area contributed by atoms with Crippen LogP contribution in [-0.2, 0) is 24.4 Å². The number of amides is 2. The van der Waals surface area contributed by atoms with Gasteiger partial charge >= 0.3 is 0 Å². The standard InChI is InChI=1S/C27H22ClFN4O2/c28-22-10-8-20(9-11-22)24-15-25-32(26(34)12-13-33(25)31-24)17-18-4-6-21(7-5-18)27(35)30-16-19-2-1-3-23(29)14-19/h1-11,14-15H,12-13,16-17H2,(H,30,35). The lowest BCUT2D eigenvalue weighted by atomic mass is 10.1. The first-order valence-electron chi connectivity index (χ1n) is 11.2. The molecule has 8 heteroatoms. The van der Waals surface area contributed by atoms with Gasteiger partial charge in [0.05, 0.1) is 18.8 Å². The third-order valence-corrected chi connectivity index (χ3v) is 6.16. The normalized spacial score (nSPS) is 13.0. The number of anilines is 1. The van der Waals surface area contributed by atoms with Gasteiger partial charge in [0.1, 0.15) is 11.6 Å². The molecule has 1 aliphatic rings. The van der Waals surface area contributed by atoms with E-state index in [1.54, 1.807) is 29.2 Å². The molecule has 0 fully saturated rings. The van der Waals surface area contributed by atoms with Gasteiger partial charge in [-0.05, 0) is 47.5 Å². The van der Waals surface area contributed by atoms with Crippen LogP contribution in [0.2, 0.25) is 5.02 Å². The number of aromatic nitrogens is 2. The highest BCUT2D eigenvalue weighted by Crippen LogP contribution is 2.30. The van der Waals surface area contributed by atoms with Crippen LogP contribution in [0, 0.1) is 5.82 Å². The number of carbonyl (C=O) groups is 2. The smallest absolute Gasteiger partial charge is 0.251 e. The van der Waals surface area contributed by atoms with Gasteiger partial charge in [0, 0.05) is 35.2 Å². The number of nitrogens with zero attached hydrogens (tertiary/aromatic N) is 3. The molecule has 2 amide bonds. The second-order valence-electron chi connectivity index (χ2n) is 8.36. The third kappa shape index (κ3) is 5.10. The van der Waals surface area contributed by atoms with E-state index in [1.165, 1.54) is 12.1 Å². The molecule has 1 aromatic heterocycles. The van der Waals surface area contributed by atoms with Gasteiger partial charge < -0.3 is 5.32 Å². The van der Waals surface area contributed by atoms with Gasteiger partial charge in [0.15, 0.2) is 0 Å². The zero-order valence-electron chi connectivity index (χ0n) is 18.7. The Balaban J connectivity index is 1.28. The van der Waals surface area contributed by atoms with E-state index in [1.807, 2.05) is 47.1 Å². The van der Waals surface area contributed by atoms with Crippen LogP contribution < -0.4 is 10.2 Å². The SMILES string of the molecule is O=C(NCc1cccc(F)c1)c1ccc(CN2C(=O)CCn3nc(-c4ccc(Cl)cc4)cc32)cc1. The number of fused-ring (bicyclic) bond motifs is 1. The second-order valence-corrected chi connectivity index (χ2v) is 8.79. The molecule has 2 heterocycles. The van der Waals surface area contributed by atoms with Crippen molar-refractivity contribution >= 4 is 29.2 Å². The van der Waals surface area contributed by atoms with Crippen LogP contribution in [0.15, 0.2) is 78.9 Å². The van der Waals surface area contributed by atoms with Gasteiger partial charge in [0.2, 0.25) is 5.91 Å². The Morgan fingerprint density at radius 3 is 2.51 bits per heavy atom. The summed E-state index contributed by atoms with van der Waals surface area (Å²) in [6.07, 6.45) is 0.370. The van der Waals surface area contributed by atoms with Gasteiger partial charge in [0.25, 0.3) is 5.91 Å². The average Bonchev–Trinajstić information content (AvgIpc) is 3.30. The summed E-state index contributed by atoms with van der Waals surface area (Å²) in [5.74, 6) is 0.176. The zero-order valence-corrected chi connectivity index (χ0v) is 19.5. The Labute approximate surface area is 206 Å². The van der Waals surface area contributed by atoms with Crippen molar-refractivity contribution in [2.24, 2.45) is 0 Å². The Morgan fingerprint density at radius 1 is 1.00 bits per heavy atom. The minimum atomic E-state index is -0.338. The van der Waals surface area contributed by atoms with E-state index in [4.69, 9.17) is 11.6 Å². The van der Waals surface area contributed by atoms with Crippen LogP contribution in [0.5, 0.6) is 0 Å². The van der Waals surface area contributed by atoms with Crippen LogP contribution in [0.25, 0.3) is 11.3 Å². The van der Waals surface area contributed by atoms with E-state index < -0.39 is 0 Å². The molecule has 1 N–H and O–H groups in total. The van der Waals surface area contributed by atoms with Crippen molar-refractivity contribution in [3.05, 3.63) is 106 Å². The van der Waals surface area contributed by atoms with Crippen molar-refractivity contribution in [3.63, 3.8) is 0 Å². The Kier molecular flexibility index (Phi) is 6.33. The first-order chi connectivity index (χ1) is 17.0. The summed E-state index contributed by atoms with van der Waals surface area (Å²) in [5.41, 5.74) is 3.78. The van der Waals surface area contributed by atoms with E-state index in [2.05, 4.69) is 10.4 Å². The van der Waals surface area contributed by atoms with Gasteiger partial charge in [-0.25, -0.2) is 9.07 Å². The number of nitrogens with one attached hydrogen (secondary N) is 1. The number of benzene rings is 3. The molecule has 35 heavy (non-hydrogen) atoms. The molecule has 0 radical (unpaired) electrons. The fourth-order valence-corrected chi connectivity index (χ4v) is 4.19. The van der Waals surface area contributed by atoms with Crippen LogP contribution in [0.4, 0.5) is 10.2 Å². The van der Waals surface area contributed by atoms with Crippen LogP contribution >= 0.6 is 11.6 Å². The molecule has 1 aliphatic heterocycles. The fraction of sp³-hybridized carbons (Fsp3) is 0.148. The lowest BCUT2D eigenvalue weighted by Gasteiger charge is -2.27. The van der Waals surface area contributed by atoms with Crippen molar-refractivity contribution in [1.29, 1.82) is 0 Å². The third-order valence-electron chi connectivity index (χ3n) is 5.91. The Bertz CT molecular complexity index is 1380. The van der Waals surface area contributed by atoms with Crippen LogP contribution in [0.3, 0.4) is 0 Å². The molecule has 6 nitrogen and oxygen atoms in total. The van der Waals surface area contributed by atoms with Gasteiger partial charge in [-0.3, -0.25) is 14.5 Å². The highest BCUT2D eigenvalue weighted by Gasteiger charge is 2.26. The van der Waals surface area contributed by atoms with Crippen molar-refractivity contribution < 1.29 is 14.0 Å². The summed E-state index contributed by atoms with van der Waals surface area (Å²) in [6.45, 7) is 1.14. The van der Waals surface area contributed by atoms with Crippen LogP contribution in [0.1, 0.15) is 27.9 Å². The lowest BCUT2D eigenvalue weighted by Crippen LogP contribution is -2.36. The summed E-state index contributed by atoms with van der Waals surface area (Å²) in [6, 6.07) is 22.6. The second kappa shape index (κ2) is 9.72. The average molecular weight is 489 g/mol. The molecule has 0 saturated heterocycles. The molecule has 0 bridgehead atoms. The number of halogens is 2. The molecule has 4 aromatic rings. The monoisotopic (exact) mass is 488 g/mol. The minimum absolute atomic E-state index is 0.0250. The summed E-state index contributed by atoms with van der Waals surface area (Å²) >= 11 is 6.00. The van der Waals surface area contributed by atoms with Crippen molar-refractivity contribution in [3.8, 4) is 11.3 Å². The number of hydrogen-bond acceptors (Lipinski definition) is 3. The summed E-state index contributed by atoms with van der Waals surface area (Å²) in [7, 11) is 0. The van der Waals surface area contributed by atoms with Crippen molar-refractivity contribution in [1.82, 2.24) is 15.1 Å². The molecular formula is C27H22ClFN4O2. The number of carbonyl (C=O) groups excluding carboxylic acids is 2. The predicted octanol–water partition coefficient (Wildman–Crippen LogP) is 5.21. The van der Waals surface area contributed by atoms with Gasteiger partial charge in [-0.2, -0.15) is 5.10 Å². The van der Waals surface area contributed by atoms with Gasteiger partial charge in [-0.1, -0.05) is 48.0 Å². The molecule has 0 saturated carbocycles. The summed E-state index contributed by atoms with van der Waals surface area (Å²) in [5, 5.41) is 8.12. The van der Waals surface area contributed by atoms with Crippen molar-refractivity contribution in [2.45, 2.75) is 26.1 Å². The van der Waals surface area contributed by atoms with Crippen LogP contribution in [-0.4, -0.2) is 21.6 Å². The maximum atomic E-state index is 13.3. The topological polar surface area (TPSA) is 67.2 Å². The predicted molar refractivity (Wildman–Crippen MR) is 132 cm³/mol. The maximum Gasteiger partial charge on any atom is 0.251 e. The Hall–Kier alpha value is -3.97. The quantitative estimate of drug-likeness (QED) is 0.405. The van der Waals surface area contributed by atoms with E-state index in [-0.39, 0.29) is 24.2 Å². The zero-order chi connectivity index (χ0) is 24.4. The van der Waals surface area contributed by atoms with Crippen molar-refractivity contribution in [2.75, 3.05) is 4.90 Å². The molecule has 0 aliphatic carbocycles. The highest BCUT2D eigenvalue weighted by molar-refractivity contribution is 6.30. The summed E-state index contributed by atoms with van der Waals surface area (Å²) < 4.78 is 15.2. The van der Waals surface area contributed by atoms with E-state index in [0.717, 1.165) is 22.6 Å². The number of rotatable bonds is 6. The largest absolute Gasteiger partial charge is 0.348 e. The van der Waals surface area contributed by atoms with E-state index in [0.29, 0.717) is 35.7 Å². The Morgan fingerprint density at radius 2 is 1.77 bits per heavy atom. The first kappa shape index (κ1) is 22.8. The van der Waals surface area contributed by atoms with E-state index in [9.17, 15) is 14.0 Å². The number of hydrogen-bond donors (Lipinski definition) is 1. The molecule has 0 unspecified atom stereocenters. The van der Waals surface area contributed by atoms with E-state index >= 15 is 0 Å². The summed E-state index contributed by atoms with van der Waals surface area (Å²) in [4.78, 5) is 27.0. The lowest BCUT2D eigenvalue weighted by molar-refractivity contribution is -0.119. The highest BCUT2D eigenvalue weighted by atomic mass is 35.5. The maximum absolute atomic E-state index is 13.3. The van der Waals surface area contributed by atoms with Gasteiger partial charge in [-0.15, -0.1) is 0 Å². The molecule has 0 spiro atoms.